The molecule has 2 heterocycles. The first kappa shape index (κ1) is 13.9. The zero-order chi connectivity index (χ0) is 13.8. The molecule has 1 saturated heterocycles. The maximum Gasteiger partial charge on any atom is 0.271 e. The first-order valence-corrected chi connectivity index (χ1v) is 6.83. The van der Waals surface area contributed by atoms with Crippen LogP contribution in [0.2, 0.25) is 0 Å². The SMILES string of the molecule is CCn1ncc(N)c1C(=O)NC(C)C1CCOCC1. The number of nitrogens with zero attached hydrogens (tertiary/aromatic N) is 2. The maximum atomic E-state index is 12.3. The van der Waals surface area contributed by atoms with Crippen molar-refractivity contribution in [2.24, 2.45) is 5.92 Å². The molecule has 2 rings (SSSR count). The van der Waals surface area contributed by atoms with Crippen LogP contribution in [-0.4, -0.2) is 34.9 Å². The van der Waals surface area contributed by atoms with Crippen molar-refractivity contribution in [3.8, 4) is 0 Å². The van der Waals surface area contributed by atoms with E-state index in [1.807, 2.05) is 13.8 Å². The number of amides is 1. The lowest BCUT2D eigenvalue weighted by Crippen LogP contribution is -2.41. The van der Waals surface area contributed by atoms with Crippen LogP contribution < -0.4 is 11.1 Å². The van der Waals surface area contributed by atoms with Crippen molar-refractivity contribution >= 4 is 11.6 Å². The summed E-state index contributed by atoms with van der Waals surface area (Å²) < 4.78 is 6.96. The summed E-state index contributed by atoms with van der Waals surface area (Å²) in [5, 5.41) is 7.12. The molecular weight excluding hydrogens is 244 g/mol. The van der Waals surface area contributed by atoms with E-state index in [0.717, 1.165) is 26.1 Å². The molecule has 1 fully saturated rings. The van der Waals surface area contributed by atoms with Crippen LogP contribution in [0, 0.1) is 5.92 Å². The van der Waals surface area contributed by atoms with E-state index >= 15 is 0 Å². The summed E-state index contributed by atoms with van der Waals surface area (Å²) in [5.41, 5.74) is 6.70. The monoisotopic (exact) mass is 266 g/mol. The van der Waals surface area contributed by atoms with E-state index in [1.165, 1.54) is 6.20 Å². The molecule has 6 heteroatoms. The van der Waals surface area contributed by atoms with E-state index in [0.29, 0.717) is 23.8 Å². The van der Waals surface area contributed by atoms with E-state index in [1.54, 1.807) is 4.68 Å². The number of hydrogen-bond acceptors (Lipinski definition) is 4. The molecule has 106 valence electrons. The average molecular weight is 266 g/mol. The van der Waals surface area contributed by atoms with Gasteiger partial charge in [0.05, 0.1) is 11.9 Å². The molecule has 3 N–H and O–H groups in total. The van der Waals surface area contributed by atoms with Gasteiger partial charge in [-0.15, -0.1) is 0 Å². The lowest BCUT2D eigenvalue weighted by Gasteiger charge is -2.28. The predicted molar refractivity (Wildman–Crippen MR) is 72.8 cm³/mol. The van der Waals surface area contributed by atoms with Gasteiger partial charge in [-0.2, -0.15) is 5.10 Å². The van der Waals surface area contributed by atoms with E-state index in [4.69, 9.17) is 10.5 Å². The second-order valence-corrected chi connectivity index (χ2v) is 4.98. The van der Waals surface area contributed by atoms with E-state index < -0.39 is 0 Å². The first-order chi connectivity index (χ1) is 9.13. The van der Waals surface area contributed by atoms with E-state index in [9.17, 15) is 4.79 Å². The van der Waals surface area contributed by atoms with E-state index in [-0.39, 0.29) is 11.9 Å². The summed E-state index contributed by atoms with van der Waals surface area (Å²) in [6.45, 7) is 6.16. The maximum absolute atomic E-state index is 12.3. The van der Waals surface area contributed by atoms with Crippen molar-refractivity contribution in [2.75, 3.05) is 18.9 Å². The van der Waals surface area contributed by atoms with Crippen molar-refractivity contribution in [3.05, 3.63) is 11.9 Å². The highest BCUT2D eigenvalue weighted by Crippen LogP contribution is 2.19. The lowest BCUT2D eigenvalue weighted by molar-refractivity contribution is 0.0537. The third-order valence-corrected chi connectivity index (χ3v) is 3.71. The Morgan fingerprint density at radius 2 is 2.32 bits per heavy atom. The molecule has 1 aliphatic rings. The van der Waals surface area contributed by atoms with Gasteiger partial charge in [-0.05, 0) is 32.6 Å². The summed E-state index contributed by atoms with van der Waals surface area (Å²) >= 11 is 0. The fraction of sp³-hybridized carbons (Fsp3) is 0.692. The number of rotatable bonds is 4. The zero-order valence-electron chi connectivity index (χ0n) is 11.6. The van der Waals surface area contributed by atoms with Crippen LogP contribution in [0.3, 0.4) is 0 Å². The fourth-order valence-electron chi connectivity index (χ4n) is 2.50. The van der Waals surface area contributed by atoms with Gasteiger partial charge >= 0.3 is 0 Å². The highest BCUT2D eigenvalue weighted by Gasteiger charge is 2.24. The number of aromatic nitrogens is 2. The standard InChI is InChI=1S/C13H22N4O2/c1-3-17-12(11(14)8-15-17)13(18)16-9(2)10-4-6-19-7-5-10/h8-10H,3-7,14H2,1-2H3,(H,16,18). The number of carbonyl (C=O) groups is 1. The van der Waals surface area contributed by atoms with Gasteiger partial charge in [-0.25, -0.2) is 0 Å². The molecule has 1 unspecified atom stereocenters. The minimum Gasteiger partial charge on any atom is -0.396 e. The first-order valence-electron chi connectivity index (χ1n) is 6.83. The molecule has 0 saturated carbocycles. The largest absolute Gasteiger partial charge is 0.396 e. The van der Waals surface area contributed by atoms with Gasteiger partial charge in [-0.3, -0.25) is 9.48 Å². The lowest BCUT2D eigenvalue weighted by atomic mass is 9.93. The van der Waals surface area contributed by atoms with Gasteiger partial charge in [0.2, 0.25) is 0 Å². The molecule has 1 aromatic heterocycles. The second kappa shape index (κ2) is 6.06. The second-order valence-electron chi connectivity index (χ2n) is 4.98. The normalized spacial score (nSPS) is 18.2. The molecule has 0 aliphatic carbocycles. The third-order valence-electron chi connectivity index (χ3n) is 3.71. The average Bonchev–Trinajstić information content (AvgIpc) is 2.80. The molecular formula is C13H22N4O2. The van der Waals surface area contributed by atoms with Crippen molar-refractivity contribution in [1.82, 2.24) is 15.1 Å². The highest BCUT2D eigenvalue weighted by molar-refractivity contribution is 5.97. The Labute approximate surface area is 113 Å². The van der Waals surface area contributed by atoms with Gasteiger partial charge in [0.1, 0.15) is 5.69 Å². The number of aryl methyl sites for hydroxylation is 1. The molecule has 1 aliphatic heterocycles. The van der Waals surface area contributed by atoms with Gasteiger partial charge in [0.25, 0.3) is 5.91 Å². The molecule has 1 atom stereocenters. The zero-order valence-corrected chi connectivity index (χ0v) is 11.6. The van der Waals surface area contributed by atoms with Gasteiger partial charge in [0.15, 0.2) is 0 Å². The van der Waals surface area contributed by atoms with Crippen molar-refractivity contribution < 1.29 is 9.53 Å². The van der Waals surface area contributed by atoms with Crippen LogP contribution in [0.4, 0.5) is 5.69 Å². The van der Waals surface area contributed by atoms with Crippen LogP contribution in [0.1, 0.15) is 37.2 Å². The topological polar surface area (TPSA) is 82.2 Å². The van der Waals surface area contributed by atoms with Crippen LogP contribution >= 0.6 is 0 Å². The van der Waals surface area contributed by atoms with Gasteiger partial charge < -0.3 is 15.8 Å². The van der Waals surface area contributed by atoms with Crippen molar-refractivity contribution in [3.63, 3.8) is 0 Å². The Balaban J connectivity index is 2.01. The molecule has 1 amide bonds. The van der Waals surface area contributed by atoms with Gasteiger partial charge in [0, 0.05) is 25.8 Å². The Morgan fingerprint density at radius 1 is 1.63 bits per heavy atom. The smallest absolute Gasteiger partial charge is 0.271 e. The van der Waals surface area contributed by atoms with Crippen LogP contribution in [-0.2, 0) is 11.3 Å². The third kappa shape index (κ3) is 3.07. The number of nitrogens with two attached hydrogens (primary N) is 1. The van der Waals surface area contributed by atoms with Crippen molar-refractivity contribution in [2.45, 2.75) is 39.3 Å². The molecule has 0 spiro atoms. The Morgan fingerprint density at radius 3 is 2.95 bits per heavy atom. The number of carbonyl (C=O) groups excluding carboxylic acids is 1. The number of ether oxygens (including phenoxy) is 1. The summed E-state index contributed by atoms with van der Waals surface area (Å²) in [7, 11) is 0. The molecule has 0 radical (unpaired) electrons. The minimum atomic E-state index is -0.143. The summed E-state index contributed by atoms with van der Waals surface area (Å²) in [4.78, 5) is 12.3. The van der Waals surface area contributed by atoms with Crippen LogP contribution in [0.25, 0.3) is 0 Å². The van der Waals surface area contributed by atoms with Crippen LogP contribution in [0.5, 0.6) is 0 Å². The number of hydrogen-bond donors (Lipinski definition) is 2. The van der Waals surface area contributed by atoms with Crippen LogP contribution in [0.15, 0.2) is 6.20 Å². The summed E-state index contributed by atoms with van der Waals surface area (Å²) in [6.07, 6.45) is 3.51. The quantitative estimate of drug-likeness (QED) is 0.852. The molecule has 19 heavy (non-hydrogen) atoms. The number of nitrogen functional groups attached to an aromatic ring is 1. The van der Waals surface area contributed by atoms with E-state index in [2.05, 4.69) is 10.4 Å². The molecule has 6 nitrogen and oxygen atoms in total. The molecule has 1 aromatic rings. The van der Waals surface area contributed by atoms with Gasteiger partial charge in [-0.1, -0.05) is 0 Å². The summed E-state index contributed by atoms with van der Waals surface area (Å²) in [5.74, 6) is 0.327. The number of nitrogens with one attached hydrogen (secondary N) is 1. The Bertz CT molecular complexity index is 438. The predicted octanol–water partition coefficient (Wildman–Crippen LogP) is 1.03. The fourth-order valence-corrected chi connectivity index (χ4v) is 2.50. The Kier molecular flexibility index (Phi) is 4.42. The molecule has 0 aromatic carbocycles. The molecule has 0 bridgehead atoms. The van der Waals surface area contributed by atoms with Crippen molar-refractivity contribution in [1.29, 1.82) is 0 Å². The number of anilines is 1. The highest BCUT2D eigenvalue weighted by atomic mass is 16.5. The Hall–Kier alpha value is -1.56. The minimum absolute atomic E-state index is 0.121. The summed E-state index contributed by atoms with van der Waals surface area (Å²) in [6, 6.07) is 0.121.